The number of benzene rings is 4. The van der Waals surface area contributed by atoms with E-state index < -0.39 is 20.0 Å². The molecule has 4 amide bonds. The molecule has 530 valence electrons. The first kappa shape index (κ1) is 73.8. The average molecular weight is 1410 g/mol. The Labute approximate surface area is 580 Å². The number of sulfonamides is 2. The van der Waals surface area contributed by atoms with Crippen molar-refractivity contribution in [1.29, 1.82) is 0 Å². The SMILES string of the molecule is Cc1cc(S(=O)(=O)N[C@@H]2CCN(CCOCCNC(=O)NCCCCNC(=O)NCCOCCN3CC[C@@H](NS(=O)(=O)c4ccc(O[C@H]5c6cc(Cl)cc(C)c6C[C@@H]5N5CCC[C@@H](N(C)C)C5)c(C)c4)C3)C2)ccc1O[C@H]1c2cc(Cl)cc(C)c2C[C@@H]1N1CCC[C@@H](N(C)C)C1. The molecule has 4 aromatic rings. The first-order chi connectivity index (χ1) is 46.0. The van der Waals surface area contributed by atoms with E-state index in [4.69, 9.17) is 42.1 Å². The maximum absolute atomic E-state index is 13.7. The third kappa shape index (κ3) is 19.5. The molecule has 26 heteroatoms. The van der Waals surface area contributed by atoms with Gasteiger partial charge < -0.3 is 50.0 Å². The molecule has 4 saturated heterocycles. The highest BCUT2D eigenvalue weighted by molar-refractivity contribution is 7.89. The first-order valence-electron chi connectivity index (χ1n) is 34.6. The van der Waals surface area contributed by atoms with Crippen LogP contribution in [0.2, 0.25) is 10.0 Å². The molecule has 2 aliphatic carbocycles. The molecule has 8 atom stereocenters. The standard InChI is InChI=1S/C70H104Cl2N12O10S2/c1-47-35-51(71)39-61-59(47)41-63(83-25-11-13-55(45-83)79(5)6)67(61)93-65-17-15-57(37-49(65)3)95(87,88)77-53-19-27-81(43-53)29-33-91-31-23-75-69(85)73-21-9-10-22-74-70(86)76-24-32-92-34-30-82-28-20-54(44-82)78-96(89,90)58-16-18-66(50(4)38-58)94-68-62-40-52(72)36-48(2)60(62)42-64(68)84-26-12-14-56(46-84)80(7)8/h15-18,35-40,53-56,63-64,67-68,77-78H,9-14,19-34,41-46H2,1-8H3,(H2,73,75,85)(H2,74,76,86)/t53-,54-,55-,56-,63+,64+,67+,68+/m1/s1. The number of ether oxygens (including phenoxy) is 4. The number of nitrogens with zero attached hydrogens (tertiary/aromatic N) is 6. The number of urea groups is 2. The number of carbonyl (C=O) groups excluding carboxylic acids is 2. The van der Waals surface area contributed by atoms with Gasteiger partial charge in [0, 0.05) is 99.7 Å². The minimum absolute atomic E-state index is 0.139. The van der Waals surface area contributed by atoms with Crippen molar-refractivity contribution in [3.63, 3.8) is 0 Å². The molecule has 22 nitrogen and oxygen atoms in total. The molecular weight excluding hydrogens is 1300 g/mol. The lowest BCUT2D eigenvalue weighted by molar-refractivity contribution is 0.0377. The number of carbonyl (C=O) groups is 2. The third-order valence-corrected chi connectivity index (χ3v) is 23.8. The molecule has 10 rings (SSSR count). The van der Waals surface area contributed by atoms with Crippen LogP contribution < -0.4 is 40.2 Å². The third-order valence-electron chi connectivity index (χ3n) is 20.3. The quantitative estimate of drug-likeness (QED) is 0.0274. The van der Waals surface area contributed by atoms with Crippen molar-refractivity contribution in [1.82, 2.24) is 60.1 Å². The van der Waals surface area contributed by atoms with Crippen molar-refractivity contribution in [2.45, 2.75) is 150 Å². The zero-order valence-corrected chi connectivity index (χ0v) is 60.7. The Kier molecular flexibility index (Phi) is 26.1. The smallest absolute Gasteiger partial charge is 0.314 e. The van der Waals surface area contributed by atoms with Crippen LogP contribution in [0.3, 0.4) is 0 Å². The summed E-state index contributed by atoms with van der Waals surface area (Å²) in [7, 11) is 0.998. The molecule has 0 spiro atoms. The lowest BCUT2D eigenvalue weighted by atomic mass is 10.0. The lowest BCUT2D eigenvalue weighted by Gasteiger charge is -2.41. The molecule has 0 saturated carbocycles. The molecule has 4 fully saturated rings. The van der Waals surface area contributed by atoms with Gasteiger partial charge in [0.2, 0.25) is 20.0 Å². The van der Waals surface area contributed by atoms with Crippen LogP contribution in [0.4, 0.5) is 9.59 Å². The Morgan fingerprint density at radius 1 is 0.510 bits per heavy atom. The topological polar surface area (TPSA) is 231 Å². The van der Waals surface area contributed by atoms with E-state index in [0.29, 0.717) is 138 Å². The van der Waals surface area contributed by atoms with Crippen LogP contribution >= 0.6 is 23.2 Å². The summed E-state index contributed by atoms with van der Waals surface area (Å²) < 4.78 is 86.1. The van der Waals surface area contributed by atoms with Crippen LogP contribution in [0.1, 0.15) is 108 Å². The summed E-state index contributed by atoms with van der Waals surface area (Å²) in [5.74, 6) is 1.32. The minimum atomic E-state index is -3.80. The second-order valence-electron chi connectivity index (χ2n) is 27.7. The van der Waals surface area contributed by atoms with Crippen molar-refractivity contribution >= 4 is 55.3 Å². The number of rotatable bonds is 31. The van der Waals surface area contributed by atoms with Gasteiger partial charge in [-0.05, 0) is 251 Å². The van der Waals surface area contributed by atoms with Gasteiger partial charge in [-0.15, -0.1) is 0 Å². The Morgan fingerprint density at radius 2 is 0.917 bits per heavy atom. The number of aryl methyl sites for hydroxylation is 4. The highest BCUT2D eigenvalue weighted by atomic mass is 35.5. The number of hydrogen-bond donors (Lipinski definition) is 6. The van der Waals surface area contributed by atoms with E-state index in [0.717, 1.165) is 87.2 Å². The van der Waals surface area contributed by atoms with E-state index in [9.17, 15) is 26.4 Å². The van der Waals surface area contributed by atoms with E-state index >= 15 is 0 Å². The van der Waals surface area contributed by atoms with E-state index in [1.807, 2.05) is 38.1 Å². The Balaban J connectivity index is 0.535. The summed E-state index contributed by atoms with van der Waals surface area (Å²) >= 11 is 13.2. The van der Waals surface area contributed by atoms with E-state index in [-0.39, 0.29) is 58.2 Å². The van der Waals surface area contributed by atoms with Crippen LogP contribution in [-0.4, -0.2) is 241 Å². The largest absolute Gasteiger partial charge is 0.484 e. The highest BCUT2D eigenvalue weighted by Crippen LogP contribution is 2.45. The molecule has 6 N–H and O–H groups in total. The molecule has 0 aromatic heterocycles. The summed E-state index contributed by atoms with van der Waals surface area (Å²) in [5.41, 5.74) is 8.61. The summed E-state index contributed by atoms with van der Waals surface area (Å²) in [6.45, 7) is 19.0. The molecular formula is C70H104Cl2N12O10S2. The highest BCUT2D eigenvalue weighted by Gasteiger charge is 2.43. The number of likely N-dealkylation sites (N-methyl/N-ethyl adjacent to an activating group) is 2. The van der Waals surface area contributed by atoms with Gasteiger partial charge in [-0.1, -0.05) is 23.2 Å². The first-order valence-corrected chi connectivity index (χ1v) is 38.3. The van der Waals surface area contributed by atoms with E-state index in [1.54, 1.807) is 36.4 Å². The van der Waals surface area contributed by atoms with Gasteiger partial charge in [0.25, 0.3) is 0 Å². The second-order valence-corrected chi connectivity index (χ2v) is 32.0. The van der Waals surface area contributed by atoms with Gasteiger partial charge in [0.15, 0.2) is 0 Å². The van der Waals surface area contributed by atoms with Crippen LogP contribution in [0.15, 0.2) is 70.5 Å². The predicted molar refractivity (Wildman–Crippen MR) is 377 cm³/mol. The number of amides is 4. The average Bonchev–Trinajstić information content (AvgIpc) is 1.60. The fourth-order valence-electron chi connectivity index (χ4n) is 14.8. The lowest BCUT2D eigenvalue weighted by Crippen LogP contribution is -2.51. The van der Waals surface area contributed by atoms with Crippen LogP contribution in [0.25, 0.3) is 0 Å². The summed E-state index contributed by atoms with van der Waals surface area (Å²) in [4.78, 5) is 39.3. The van der Waals surface area contributed by atoms with Crippen molar-refractivity contribution in [2.24, 2.45) is 0 Å². The molecule has 0 radical (unpaired) electrons. The van der Waals surface area contributed by atoms with Gasteiger partial charge in [-0.3, -0.25) is 19.6 Å². The van der Waals surface area contributed by atoms with Gasteiger partial charge in [0.1, 0.15) is 23.7 Å². The molecule has 0 bridgehead atoms. The number of hydrogen-bond acceptors (Lipinski definition) is 16. The molecule has 6 aliphatic rings. The Bertz CT molecular complexity index is 3310. The molecule has 4 aliphatic heterocycles. The minimum Gasteiger partial charge on any atom is -0.484 e. The van der Waals surface area contributed by atoms with Crippen molar-refractivity contribution in [3.8, 4) is 11.5 Å². The van der Waals surface area contributed by atoms with E-state index in [2.05, 4.69) is 102 Å². The van der Waals surface area contributed by atoms with Gasteiger partial charge in [0.05, 0.1) is 48.3 Å². The number of fused-ring (bicyclic) bond motifs is 2. The fraction of sp³-hybridized carbons (Fsp3) is 0.629. The number of unbranched alkanes of at least 4 members (excludes halogenated alkanes) is 1. The fourth-order valence-corrected chi connectivity index (χ4v) is 18.1. The van der Waals surface area contributed by atoms with Gasteiger partial charge >= 0.3 is 12.1 Å². The number of nitrogens with one attached hydrogen (secondary N) is 6. The molecule has 4 aromatic carbocycles. The molecule has 4 heterocycles. The number of halogens is 2. The maximum atomic E-state index is 13.7. The van der Waals surface area contributed by atoms with E-state index in [1.165, 1.54) is 35.1 Å². The van der Waals surface area contributed by atoms with Gasteiger partial charge in [-0.25, -0.2) is 35.9 Å². The second kappa shape index (κ2) is 34.0. The summed E-state index contributed by atoms with van der Waals surface area (Å²) in [6.07, 6.45) is 8.57. The van der Waals surface area contributed by atoms with Crippen molar-refractivity contribution in [2.75, 3.05) is 146 Å². The maximum Gasteiger partial charge on any atom is 0.314 e. The van der Waals surface area contributed by atoms with Crippen molar-refractivity contribution in [3.05, 3.63) is 115 Å². The van der Waals surface area contributed by atoms with Crippen LogP contribution in [0, 0.1) is 27.7 Å². The zero-order valence-electron chi connectivity index (χ0n) is 57.5. The van der Waals surface area contributed by atoms with Crippen LogP contribution in [-0.2, 0) is 42.4 Å². The monoisotopic (exact) mass is 1410 g/mol. The summed E-state index contributed by atoms with van der Waals surface area (Å²) in [6, 6.07) is 18.6. The molecule has 0 unspecified atom stereocenters. The van der Waals surface area contributed by atoms with Crippen LogP contribution in [0.5, 0.6) is 11.5 Å². The number of piperidine rings is 2. The Morgan fingerprint density at radius 3 is 1.31 bits per heavy atom. The number of likely N-dealkylation sites (tertiary alicyclic amines) is 4. The zero-order chi connectivity index (χ0) is 68.3. The van der Waals surface area contributed by atoms with Gasteiger partial charge in [-0.2, -0.15) is 0 Å². The normalized spacial score (nSPS) is 23.6. The predicted octanol–water partition coefficient (Wildman–Crippen LogP) is 7.19. The Hall–Kier alpha value is -4.90. The molecule has 96 heavy (non-hydrogen) atoms. The summed E-state index contributed by atoms with van der Waals surface area (Å²) in [5, 5.41) is 12.7. The van der Waals surface area contributed by atoms with Crippen molar-refractivity contribution < 1.29 is 45.4 Å².